The van der Waals surface area contributed by atoms with Gasteiger partial charge in [-0.1, -0.05) is 19.9 Å². The molecule has 2 atom stereocenters. The minimum Gasteiger partial charge on any atom is -0.465 e. The quantitative estimate of drug-likeness (QED) is 0.646. The first-order valence-corrected chi connectivity index (χ1v) is 9.53. The molecule has 5 nitrogen and oxygen atoms in total. The Bertz CT molecular complexity index is 854. The molecule has 3 rings (SSSR count). The number of aromatic nitrogens is 2. The molecule has 0 unspecified atom stereocenters. The van der Waals surface area contributed by atoms with Crippen molar-refractivity contribution in [2.24, 2.45) is 0 Å². The number of para-hydroxylation sites is 1. The first-order valence-electron chi connectivity index (χ1n) is 9.53. The third kappa shape index (κ3) is 3.84. The van der Waals surface area contributed by atoms with Crippen LogP contribution in [-0.2, 0) is 14.9 Å². The summed E-state index contributed by atoms with van der Waals surface area (Å²) in [5, 5.41) is 8.43. The molecule has 2 aromatic rings. The molecule has 7 heteroatoms. The molecule has 28 heavy (non-hydrogen) atoms. The second-order valence-corrected chi connectivity index (χ2v) is 7.20. The Labute approximate surface area is 163 Å². The number of ether oxygens (including phenoxy) is 2. The largest absolute Gasteiger partial charge is 0.465 e. The fraction of sp³-hybridized carbons (Fsp3) is 0.476. The summed E-state index contributed by atoms with van der Waals surface area (Å²) < 4.78 is 38.5. The van der Waals surface area contributed by atoms with E-state index in [1.807, 2.05) is 6.92 Å². The zero-order chi connectivity index (χ0) is 20.3. The van der Waals surface area contributed by atoms with Gasteiger partial charge in [-0.3, -0.25) is 4.79 Å². The van der Waals surface area contributed by atoms with Crippen molar-refractivity contribution in [2.45, 2.75) is 57.8 Å². The molecule has 0 saturated carbocycles. The predicted molar refractivity (Wildman–Crippen MR) is 99.3 cm³/mol. The molecule has 0 N–H and O–H groups in total. The summed E-state index contributed by atoms with van der Waals surface area (Å²) in [5.41, 5.74) is 1.29. The van der Waals surface area contributed by atoms with Crippen LogP contribution in [0, 0.1) is 11.6 Å². The second-order valence-electron chi connectivity index (χ2n) is 7.20. The molecule has 0 spiro atoms. The molecule has 0 radical (unpaired) electrons. The first-order chi connectivity index (χ1) is 13.4. The van der Waals surface area contributed by atoms with E-state index in [2.05, 4.69) is 17.1 Å². The van der Waals surface area contributed by atoms with Crippen LogP contribution < -0.4 is 4.74 Å². The Kier molecular flexibility index (Phi) is 5.91. The summed E-state index contributed by atoms with van der Waals surface area (Å²) in [4.78, 5) is 11.3. The fourth-order valence-corrected chi connectivity index (χ4v) is 3.82. The number of carbonyl (C=O) groups excluding carboxylic acids is 1. The maximum absolute atomic E-state index is 13.9. The van der Waals surface area contributed by atoms with Crippen molar-refractivity contribution in [3.63, 3.8) is 0 Å². The SMILES string of the molecule is CC[C@H]1CC[C@](CC)(COC(C)=O)c2nnc(Oc3c(F)cccc3F)cc21. The van der Waals surface area contributed by atoms with Crippen molar-refractivity contribution in [3.05, 3.63) is 47.2 Å². The molecule has 0 fully saturated rings. The van der Waals surface area contributed by atoms with Gasteiger partial charge in [0.1, 0.15) is 6.61 Å². The molecular formula is C21H24F2N2O3. The molecule has 0 aliphatic heterocycles. The summed E-state index contributed by atoms with van der Waals surface area (Å²) in [6.45, 7) is 5.73. The van der Waals surface area contributed by atoms with Gasteiger partial charge in [-0.15, -0.1) is 5.10 Å². The molecule has 150 valence electrons. The highest BCUT2D eigenvalue weighted by Gasteiger charge is 2.41. The minimum atomic E-state index is -0.802. The fourth-order valence-electron chi connectivity index (χ4n) is 3.82. The van der Waals surface area contributed by atoms with Gasteiger partial charge in [0.25, 0.3) is 0 Å². The Balaban J connectivity index is 2.00. The summed E-state index contributed by atoms with van der Waals surface area (Å²) in [5.74, 6) is -2.17. The van der Waals surface area contributed by atoms with Crippen LogP contribution in [0.5, 0.6) is 11.6 Å². The number of hydrogen-bond donors (Lipinski definition) is 0. The molecule has 0 amide bonds. The lowest BCUT2D eigenvalue weighted by Crippen LogP contribution is -2.38. The van der Waals surface area contributed by atoms with Gasteiger partial charge in [0.15, 0.2) is 11.6 Å². The lowest BCUT2D eigenvalue weighted by molar-refractivity contribution is -0.143. The molecule has 0 bridgehead atoms. The number of fused-ring (bicyclic) bond motifs is 1. The van der Waals surface area contributed by atoms with Crippen LogP contribution in [-0.4, -0.2) is 22.8 Å². The van der Waals surface area contributed by atoms with Crippen molar-refractivity contribution < 1.29 is 23.0 Å². The normalized spacial score (nSPS) is 21.1. The van der Waals surface area contributed by atoms with Gasteiger partial charge >= 0.3 is 5.97 Å². The van der Waals surface area contributed by atoms with E-state index in [1.54, 1.807) is 6.07 Å². The summed E-state index contributed by atoms with van der Waals surface area (Å²) in [6.07, 6.45) is 3.36. The van der Waals surface area contributed by atoms with Crippen LogP contribution in [0.4, 0.5) is 8.78 Å². The molecule has 1 heterocycles. The Hall–Kier alpha value is -2.57. The number of benzene rings is 1. The standard InChI is InChI=1S/C21H24F2N2O3/c1-4-14-9-10-21(5-2,12-27-13(3)26)20-15(14)11-18(24-25-20)28-19-16(22)7-6-8-17(19)23/h6-8,11,14H,4-5,9-10,12H2,1-3H3/t14-,21+/m0/s1. The van der Waals surface area contributed by atoms with E-state index >= 15 is 0 Å². The molecule has 0 saturated heterocycles. The van der Waals surface area contributed by atoms with Gasteiger partial charge in [-0.25, -0.2) is 8.78 Å². The van der Waals surface area contributed by atoms with Gasteiger partial charge in [0, 0.05) is 18.4 Å². The monoisotopic (exact) mass is 390 g/mol. The zero-order valence-corrected chi connectivity index (χ0v) is 16.3. The first kappa shape index (κ1) is 20.2. The number of rotatable bonds is 6. The van der Waals surface area contributed by atoms with Crippen LogP contribution in [0.3, 0.4) is 0 Å². The highest BCUT2D eigenvalue weighted by atomic mass is 19.1. The topological polar surface area (TPSA) is 61.3 Å². The number of halogens is 2. The predicted octanol–water partition coefficient (Wildman–Crippen LogP) is 5.05. The van der Waals surface area contributed by atoms with Gasteiger partial charge in [-0.2, -0.15) is 5.10 Å². The molecule has 1 aliphatic carbocycles. The van der Waals surface area contributed by atoms with E-state index in [0.29, 0.717) is 0 Å². The van der Waals surface area contributed by atoms with Gasteiger partial charge in [-0.05, 0) is 49.3 Å². The molecule has 1 aliphatic rings. The van der Waals surface area contributed by atoms with Crippen LogP contribution in [0.15, 0.2) is 24.3 Å². The third-order valence-corrected chi connectivity index (χ3v) is 5.56. The third-order valence-electron chi connectivity index (χ3n) is 5.56. The summed E-state index contributed by atoms with van der Waals surface area (Å²) in [6, 6.07) is 5.23. The van der Waals surface area contributed by atoms with Gasteiger partial charge < -0.3 is 9.47 Å². The maximum atomic E-state index is 13.9. The van der Waals surface area contributed by atoms with E-state index in [9.17, 15) is 13.6 Å². The van der Waals surface area contributed by atoms with Gasteiger partial charge in [0.2, 0.25) is 11.6 Å². The van der Waals surface area contributed by atoms with Crippen molar-refractivity contribution >= 4 is 5.97 Å². The Morgan fingerprint density at radius 3 is 2.57 bits per heavy atom. The van der Waals surface area contributed by atoms with Gasteiger partial charge in [0.05, 0.1) is 5.69 Å². The van der Waals surface area contributed by atoms with Crippen molar-refractivity contribution in [1.82, 2.24) is 10.2 Å². The van der Waals surface area contributed by atoms with Crippen LogP contribution in [0.25, 0.3) is 0 Å². The lowest BCUT2D eigenvalue weighted by atomic mass is 9.68. The number of carbonyl (C=O) groups is 1. The number of esters is 1. The smallest absolute Gasteiger partial charge is 0.302 e. The van der Waals surface area contributed by atoms with Crippen molar-refractivity contribution in [3.8, 4) is 11.6 Å². The highest BCUT2D eigenvalue weighted by Crippen LogP contribution is 2.46. The van der Waals surface area contributed by atoms with Crippen molar-refractivity contribution in [1.29, 1.82) is 0 Å². The average Bonchev–Trinajstić information content (AvgIpc) is 2.69. The van der Waals surface area contributed by atoms with E-state index in [1.165, 1.54) is 13.0 Å². The van der Waals surface area contributed by atoms with E-state index in [4.69, 9.17) is 9.47 Å². The summed E-state index contributed by atoms with van der Waals surface area (Å²) in [7, 11) is 0. The Morgan fingerprint density at radius 2 is 1.96 bits per heavy atom. The second kappa shape index (κ2) is 8.20. The summed E-state index contributed by atoms with van der Waals surface area (Å²) >= 11 is 0. The van der Waals surface area contributed by atoms with E-state index < -0.39 is 22.8 Å². The highest BCUT2D eigenvalue weighted by molar-refractivity contribution is 5.66. The maximum Gasteiger partial charge on any atom is 0.302 e. The zero-order valence-electron chi connectivity index (χ0n) is 16.3. The molecule has 1 aromatic heterocycles. The van der Waals surface area contributed by atoms with E-state index in [0.717, 1.165) is 49.1 Å². The molecular weight excluding hydrogens is 366 g/mol. The van der Waals surface area contributed by atoms with Crippen molar-refractivity contribution in [2.75, 3.05) is 6.61 Å². The number of hydrogen-bond acceptors (Lipinski definition) is 5. The molecule has 1 aromatic carbocycles. The van der Waals surface area contributed by atoms with Crippen LogP contribution >= 0.6 is 0 Å². The van der Waals surface area contributed by atoms with Crippen LogP contribution in [0.2, 0.25) is 0 Å². The number of nitrogens with zero attached hydrogens (tertiary/aromatic N) is 2. The lowest BCUT2D eigenvalue weighted by Gasteiger charge is -2.39. The Morgan fingerprint density at radius 1 is 1.25 bits per heavy atom. The minimum absolute atomic E-state index is 0.0422. The van der Waals surface area contributed by atoms with Crippen LogP contribution in [0.1, 0.15) is 63.6 Å². The van der Waals surface area contributed by atoms with E-state index in [-0.39, 0.29) is 24.4 Å². The average molecular weight is 390 g/mol.